The molecule has 6 rings (SSSR count). The molecule has 0 aliphatic carbocycles. The van der Waals surface area contributed by atoms with Crippen LogP contribution in [-0.4, -0.2) is 25.5 Å². The monoisotopic (exact) mass is 670 g/mol. The van der Waals surface area contributed by atoms with Gasteiger partial charge in [-0.3, -0.25) is 0 Å². The maximum atomic E-state index is 13.1. The lowest BCUT2D eigenvalue weighted by Gasteiger charge is -2.22. The molecule has 6 nitrogen and oxygen atoms in total. The Labute approximate surface area is 294 Å². The molecule has 6 heteroatoms. The van der Waals surface area contributed by atoms with Gasteiger partial charge in [-0.1, -0.05) is 122 Å². The number of rotatable bonds is 11. The van der Waals surface area contributed by atoms with Crippen molar-refractivity contribution in [3.63, 3.8) is 0 Å². The van der Waals surface area contributed by atoms with Crippen LogP contribution in [0.3, 0.4) is 0 Å². The Morgan fingerprint density at radius 3 is 1.14 bits per heavy atom. The molecule has 6 aromatic carbocycles. The van der Waals surface area contributed by atoms with Gasteiger partial charge in [-0.05, 0) is 85.3 Å². The quantitative estimate of drug-likeness (QED) is 0.0591. The number of unbranched alkanes of at least 4 members (excludes halogenated alkanes) is 4. The fourth-order valence-corrected chi connectivity index (χ4v) is 6.83. The number of fused-ring (bicyclic) bond motifs is 4. The zero-order valence-electron chi connectivity index (χ0n) is 30.0. The highest BCUT2D eigenvalue weighted by molar-refractivity contribution is 6.27. The van der Waals surface area contributed by atoms with Crippen molar-refractivity contribution in [2.75, 3.05) is 13.2 Å². The van der Waals surface area contributed by atoms with E-state index < -0.39 is 12.3 Å². The van der Waals surface area contributed by atoms with Crippen LogP contribution >= 0.6 is 0 Å². The molecule has 0 spiro atoms. The second-order valence-corrected chi connectivity index (χ2v) is 13.4. The third-order valence-corrected chi connectivity index (χ3v) is 9.31. The van der Waals surface area contributed by atoms with Crippen LogP contribution < -0.4 is 9.47 Å². The average molecular weight is 671 g/mol. The Morgan fingerprint density at radius 2 is 0.780 bits per heavy atom. The van der Waals surface area contributed by atoms with E-state index in [1.807, 2.05) is 38.1 Å². The van der Waals surface area contributed by atoms with Crippen LogP contribution in [0.4, 0.5) is 9.59 Å². The van der Waals surface area contributed by atoms with Crippen molar-refractivity contribution in [1.82, 2.24) is 0 Å². The lowest BCUT2D eigenvalue weighted by Crippen LogP contribution is -2.12. The van der Waals surface area contributed by atoms with Crippen molar-refractivity contribution in [1.29, 1.82) is 0 Å². The second kappa shape index (κ2) is 15.2. The van der Waals surface area contributed by atoms with Crippen LogP contribution in [-0.2, 0) is 9.47 Å². The molecular weight excluding hydrogens is 624 g/mol. The van der Waals surface area contributed by atoms with Gasteiger partial charge in [-0.25, -0.2) is 9.59 Å². The highest BCUT2D eigenvalue weighted by Gasteiger charge is 2.25. The normalized spacial score (nSPS) is 11.4. The number of hydrogen-bond acceptors (Lipinski definition) is 6. The molecule has 50 heavy (non-hydrogen) atoms. The lowest BCUT2D eigenvalue weighted by atomic mass is 9.84. The minimum absolute atomic E-state index is 0.316. The van der Waals surface area contributed by atoms with E-state index in [9.17, 15) is 9.59 Å². The Hall–Kier alpha value is -5.10. The molecule has 0 aromatic heterocycles. The summed E-state index contributed by atoms with van der Waals surface area (Å²) in [5.74, 6) is 0.962. The van der Waals surface area contributed by atoms with E-state index in [0.29, 0.717) is 24.7 Å². The predicted octanol–water partition coefficient (Wildman–Crippen LogP) is 12.6. The van der Waals surface area contributed by atoms with Crippen LogP contribution in [0, 0.1) is 27.7 Å². The topological polar surface area (TPSA) is 71.1 Å². The van der Waals surface area contributed by atoms with Crippen molar-refractivity contribution < 1.29 is 28.5 Å². The van der Waals surface area contributed by atoms with E-state index in [4.69, 9.17) is 18.9 Å². The lowest BCUT2D eigenvalue weighted by molar-refractivity contribution is 0.0973. The molecule has 0 fully saturated rings. The van der Waals surface area contributed by atoms with Crippen LogP contribution in [0.2, 0.25) is 0 Å². The zero-order valence-corrected chi connectivity index (χ0v) is 30.0. The Kier molecular flexibility index (Phi) is 10.6. The van der Waals surface area contributed by atoms with Crippen molar-refractivity contribution in [3.05, 3.63) is 95.1 Å². The van der Waals surface area contributed by atoms with Gasteiger partial charge in [0.05, 0.1) is 13.2 Å². The van der Waals surface area contributed by atoms with Gasteiger partial charge in [0.1, 0.15) is 11.5 Å². The van der Waals surface area contributed by atoms with E-state index in [0.717, 1.165) is 115 Å². The molecule has 0 saturated carbocycles. The van der Waals surface area contributed by atoms with Crippen LogP contribution in [0.25, 0.3) is 54.2 Å². The van der Waals surface area contributed by atoms with Gasteiger partial charge < -0.3 is 18.9 Å². The maximum Gasteiger partial charge on any atom is 0.513 e. The van der Waals surface area contributed by atoms with Gasteiger partial charge in [-0.15, -0.1) is 0 Å². The van der Waals surface area contributed by atoms with E-state index in [1.54, 1.807) is 0 Å². The van der Waals surface area contributed by atoms with Crippen molar-refractivity contribution in [2.45, 2.75) is 80.1 Å². The zero-order chi connectivity index (χ0) is 35.4. The first-order valence-corrected chi connectivity index (χ1v) is 17.8. The third-order valence-electron chi connectivity index (χ3n) is 9.31. The summed E-state index contributed by atoms with van der Waals surface area (Å²) in [6.45, 7) is 13.1. The van der Waals surface area contributed by atoms with Gasteiger partial charge in [0, 0.05) is 21.5 Å². The molecule has 0 atom stereocenters. The van der Waals surface area contributed by atoms with E-state index >= 15 is 0 Å². The van der Waals surface area contributed by atoms with E-state index in [-0.39, 0.29) is 0 Å². The summed E-state index contributed by atoms with van der Waals surface area (Å²) in [5.41, 5.74) is 6.26. The fourth-order valence-electron chi connectivity index (χ4n) is 6.83. The summed E-state index contributed by atoms with van der Waals surface area (Å²) in [6, 6.07) is 25.0. The molecule has 0 amide bonds. The fraction of sp³-hybridized carbons (Fsp3) is 0.318. The number of benzene rings is 6. The first-order chi connectivity index (χ1) is 24.2. The molecule has 6 aromatic rings. The van der Waals surface area contributed by atoms with Gasteiger partial charge >= 0.3 is 12.3 Å². The summed E-state index contributed by atoms with van der Waals surface area (Å²) < 4.78 is 23.2. The highest BCUT2D eigenvalue weighted by atomic mass is 16.7. The number of aryl methyl sites for hydroxylation is 4. The van der Waals surface area contributed by atoms with Crippen molar-refractivity contribution >= 4 is 55.4 Å². The van der Waals surface area contributed by atoms with E-state index in [1.165, 1.54) is 0 Å². The number of carbonyl (C=O) groups is 2. The highest BCUT2D eigenvalue weighted by Crippen LogP contribution is 2.50. The first-order valence-electron chi connectivity index (χ1n) is 17.8. The van der Waals surface area contributed by atoms with Crippen LogP contribution in [0.15, 0.2) is 72.8 Å². The SMILES string of the molecule is CCCCCOC(=O)Oc1c2cc(C)ccc2c(-c2c3ccc(C)cc3c(OC(=O)OCCCCC)c3ccc(C)cc23)c2cc(C)ccc12. The van der Waals surface area contributed by atoms with Crippen LogP contribution in [0.1, 0.15) is 74.6 Å². The Morgan fingerprint density at radius 1 is 0.440 bits per heavy atom. The molecule has 0 heterocycles. The van der Waals surface area contributed by atoms with Crippen LogP contribution in [0.5, 0.6) is 11.5 Å². The molecule has 0 N–H and O–H groups in total. The molecule has 0 saturated heterocycles. The second-order valence-electron chi connectivity index (χ2n) is 13.4. The number of ether oxygens (including phenoxy) is 4. The maximum absolute atomic E-state index is 13.1. The Balaban J connectivity index is 1.65. The smallest absolute Gasteiger partial charge is 0.434 e. The van der Waals surface area contributed by atoms with E-state index in [2.05, 4.69) is 76.2 Å². The Bertz CT molecular complexity index is 2070. The van der Waals surface area contributed by atoms with Gasteiger partial charge in [0.2, 0.25) is 0 Å². The minimum atomic E-state index is -0.705. The summed E-state index contributed by atoms with van der Waals surface area (Å²) >= 11 is 0. The first kappa shape index (κ1) is 34.8. The van der Waals surface area contributed by atoms with Crippen molar-refractivity contribution in [3.8, 4) is 22.6 Å². The molecule has 0 aliphatic heterocycles. The molecular formula is C44H46O6. The summed E-state index contributed by atoms with van der Waals surface area (Å²) in [7, 11) is 0. The number of carbonyl (C=O) groups excluding carboxylic acids is 2. The largest absolute Gasteiger partial charge is 0.513 e. The summed E-state index contributed by atoms with van der Waals surface area (Å²) in [4.78, 5) is 26.2. The van der Waals surface area contributed by atoms with Gasteiger partial charge in [-0.2, -0.15) is 0 Å². The number of hydrogen-bond donors (Lipinski definition) is 0. The molecule has 0 bridgehead atoms. The third kappa shape index (κ3) is 7.11. The average Bonchev–Trinajstić information content (AvgIpc) is 3.09. The molecule has 0 radical (unpaired) electrons. The molecule has 0 unspecified atom stereocenters. The minimum Gasteiger partial charge on any atom is -0.434 e. The standard InChI is InChI=1S/C44H46O6/c1-7-9-11-21-47-43(45)49-41-33-19-15-27(3)23-35(33)39(31-17-13-29(5)25-37(31)41)40-32-18-14-30(6)26-38(32)42(34-20-16-28(4)24-36(34)40)50-44(46)48-22-12-10-8-2/h13-20,23-26H,7-12,21-22H2,1-6H3. The summed E-state index contributed by atoms with van der Waals surface area (Å²) in [5, 5.41) is 7.04. The summed E-state index contributed by atoms with van der Waals surface area (Å²) in [6.07, 6.45) is 4.21. The van der Waals surface area contributed by atoms with Crippen molar-refractivity contribution in [2.24, 2.45) is 0 Å². The predicted molar refractivity (Wildman–Crippen MR) is 204 cm³/mol. The van der Waals surface area contributed by atoms with Gasteiger partial charge in [0.25, 0.3) is 0 Å². The molecule has 0 aliphatic rings. The molecule has 258 valence electrons. The van der Waals surface area contributed by atoms with Gasteiger partial charge in [0.15, 0.2) is 0 Å².